The highest BCUT2D eigenvalue weighted by Crippen LogP contribution is 2.30. The van der Waals surface area contributed by atoms with Crippen LogP contribution in [0.15, 0.2) is 91.1 Å². The largest absolute Gasteiger partial charge is 0.456 e. The van der Waals surface area contributed by atoms with E-state index in [1.807, 2.05) is 42.5 Å². The minimum atomic E-state index is -0.356. The summed E-state index contributed by atoms with van der Waals surface area (Å²) in [6, 6.07) is 25.4. The van der Waals surface area contributed by atoms with Crippen molar-refractivity contribution in [3.63, 3.8) is 0 Å². The lowest BCUT2D eigenvalue weighted by atomic mass is 10.2. The van der Waals surface area contributed by atoms with Gasteiger partial charge in [0.25, 0.3) is 5.91 Å². The van der Waals surface area contributed by atoms with E-state index >= 15 is 0 Å². The zero-order valence-electron chi connectivity index (χ0n) is 19.2. The molecule has 36 heavy (non-hydrogen) atoms. The lowest BCUT2D eigenvalue weighted by molar-refractivity contribution is 0.0958. The molecule has 3 N–H and O–H groups in total. The number of anilines is 2. The Morgan fingerprint density at radius 3 is 2.11 bits per heavy atom. The van der Waals surface area contributed by atoms with Crippen molar-refractivity contribution in [2.45, 2.75) is 0 Å². The fourth-order valence-corrected chi connectivity index (χ4v) is 4.40. The summed E-state index contributed by atoms with van der Waals surface area (Å²) in [6.45, 7) is 0. The monoisotopic (exact) mass is 495 g/mol. The molecule has 0 fully saturated rings. The fraction of sp³-hybridized carbons (Fsp3) is 0.0370. The van der Waals surface area contributed by atoms with Gasteiger partial charge in [-0.15, -0.1) is 11.3 Å². The van der Waals surface area contributed by atoms with Gasteiger partial charge in [0.1, 0.15) is 22.2 Å². The van der Waals surface area contributed by atoms with E-state index in [0.29, 0.717) is 28.6 Å². The zero-order chi connectivity index (χ0) is 24.9. The average Bonchev–Trinajstić information content (AvgIpc) is 3.35. The number of carbonyl (C=O) groups excluding carboxylic acids is 2. The van der Waals surface area contributed by atoms with Crippen molar-refractivity contribution in [1.29, 1.82) is 0 Å². The number of amides is 3. The molecule has 0 aliphatic rings. The molecule has 2 aromatic heterocycles. The number of benzene rings is 3. The lowest BCUT2D eigenvalue weighted by Crippen LogP contribution is -2.19. The summed E-state index contributed by atoms with van der Waals surface area (Å²) >= 11 is 1.64. The van der Waals surface area contributed by atoms with Crippen LogP contribution in [-0.2, 0) is 0 Å². The molecular formula is C27H21N5O3S. The van der Waals surface area contributed by atoms with E-state index in [1.165, 1.54) is 6.20 Å². The number of hydrogen-bond acceptors (Lipinski definition) is 6. The van der Waals surface area contributed by atoms with Crippen LogP contribution in [-0.4, -0.2) is 29.0 Å². The van der Waals surface area contributed by atoms with E-state index in [4.69, 9.17) is 4.74 Å². The Bertz CT molecular complexity index is 1480. The third-order valence-electron chi connectivity index (χ3n) is 5.23. The van der Waals surface area contributed by atoms with Crippen LogP contribution in [0.4, 0.5) is 16.2 Å². The van der Waals surface area contributed by atoms with Crippen molar-refractivity contribution in [3.05, 3.63) is 96.8 Å². The predicted molar refractivity (Wildman–Crippen MR) is 142 cm³/mol. The Morgan fingerprint density at radius 2 is 1.47 bits per heavy atom. The molecule has 2 heterocycles. The minimum Gasteiger partial charge on any atom is -0.456 e. The summed E-state index contributed by atoms with van der Waals surface area (Å²) in [5.41, 5.74) is 3.56. The van der Waals surface area contributed by atoms with E-state index in [9.17, 15) is 9.59 Å². The average molecular weight is 496 g/mol. The highest BCUT2D eigenvalue weighted by molar-refractivity contribution is 7.21. The van der Waals surface area contributed by atoms with Gasteiger partial charge in [0.05, 0.1) is 16.4 Å². The first-order valence-electron chi connectivity index (χ1n) is 11.1. The number of pyridine rings is 1. The van der Waals surface area contributed by atoms with Crippen LogP contribution in [0.5, 0.6) is 11.5 Å². The third-order valence-corrected chi connectivity index (χ3v) is 6.31. The molecule has 178 valence electrons. The molecule has 0 saturated heterocycles. The molecule has 3 aromatic carbocycles. The molecular weight excluding hydrogens is 474 g/mol. The van der Waals surface area contributed by atoms with E-state index in [1.54, 1.807) is 54.8 Å². The number of aromatic nitrogens is 2. The van der Waals surface area contributed by atoms with Crippen LogP contribution in [0.3, 0.4) is 0 Å². The van der Waals surface area contributed by atoms with Gasteiger partial charge >= 0.3 is 6.03 Å². The summed E-state index contributed by atoms with van der Waals surface area (Å²) in [5.74, 6) is 0.802. The molecule has 0 saturated carbocycles. The Hall–Kier alpha value is -4.76. The van der Waals surface area contributed by atoms with Crippen LogP contribution in [0, 0.1) is 0 Å². The SMILES string of the molecule is CNC(=O)c1ccc(Oc2ccc(NC(=O)Nc3ccc(-c4nc5ccccc5s4)cc3)cc2)cn1. The van der Waals surface area contributed by atoms with Gasteiger partial charge in [-0.3, -0.25) is 4.79 Å². The molecule has 5 aromatic rings. The molecule has 0 bridgehead atoms. The molecule has 9 heteroatoms. The maximum absolute atomic E-state index is 12.4. The first-order valence-corrected chi connectivity index (χ1v) is 11.9. The highest BCUT2D eigenvalue weighted by atomic mass is 32.1. The number of nitrogens with zero attached hydrogens (tertiary/aromatic N) is 2. The maximum Gasteiger partial charge on any atom is 0.323 e. The zero-order valence-corrected chi connectivity index (χ0v) is 20.0. The highest BCUT2D eigenvalue weighted by Gasteiger charge is 2.08. The Labute approximate surface area is 211 Å². The lowest BCUT2D eigenvalue weighted by Gasteiger charge is -2.10. The van der Waals surface area contributed by atoms with Gasteiger partial charge in [0.15, 0.2) is 0 Å². The number of thiazole rings is 1. The molecule has 8 nitrogen and oxygen atoms in total. The minimum absolute atomic E-state index is 0.264. The van der Waals surface area contributed by atoms with Crippen molar-refractivity contribution in [2.24, 2.45) is 0 Å². The number of carbonyl (C=O) groups is 2. The molecule has 5 rings (SSSR count). The predicted octanol–water partition coefficient (Wildman–Crippen LogP) is 6.15. The smallest absolute Gasteiger partial charge is 0.323 e. The molecule has 0 radical (unpaired) electrons. The van der Waals surface area contributed by atoms with Crippen LogP contribution in [0.2, 0.25) is 0 Å². The molecule has 0 aliphatic heterocycles. The second-order valence-corrected chi connectivity index (χ2v) is 8.76. The summed E-state index contributed by atoms with van der Waals surface area (Å²) < 4.78 is 6.88. The molecule has 0 spiro atoms. The number of fused-ring (bicyclic) bond motifs is 1. The number of ether oxygens (including phenoxy) is 1. The van der Waals surface area contributed by atoms with Gasteiger partial charge in [-0.1, -0.05) is 12.1 Å². The number of hydrogen-bond donors (Lipinski definition) is 3. The number of rotatable bonds is 6. The van der Waals surface area contributed by atoms with Crippen molar-refractivity contribution in [3.8, 4) is 22.1 Å². The van der Waals surface area contributed by atoms with E-state index in [0.717, 1.165) is 20.8 Å². The molecule has 0 unspecified atom stereocenters. The first-order chi connectivity index (χ1) is 17.6. The van der Waals surface area contributed by atoms with Crippen LogP contribution >= 0.6 is 11.3 Å². The van der Waals surface area contributed by atoms with Crippen LogP contribution in [0.1, 0.15) is 10.5 Å². The molecule has 0 atom stereocenters. The molecule has 0 aliphatic carbocycles. The Kier molecular flexibility index (Phi) is 6.55. The van der Waals surface area contributed by atoms with Crippen LogP contribution < -0.4 is 20.7 Å². The van der Waals surface area contributed by atoms with Crippen LogP contribution in [0.25, 0.3) is 20.8 Å². The van der Waals surface area contributed by atoms with Gasteiger partial charge < -0.3 is 20.7 Å². The van der Waals surface area contributed by atoms with Gasteiger partial charge in [-0.05, 0) is 72.8 Å². The fourth-order valence-electron chi connectivity index (χ4n) is 3.43. The second-order valence-electron chi connectivity index (χ2n) is 7.73. The van der Waals surface area contributed by atoms with Crippen molar-refractivity contribution in [1.82, 2.24) is 15.3 Å². The quantitative estimate of drug-likeness (QED) is 0.262. The van der Waals surface area contributed by atoms with E-state index in [2.05, 4.69) is 32.0 Å². The van der Waals surface area contributed by atoms with Gasteiger partial charge in [0.2, 0.25) is 0 Å². The van der Waals surface area contributed by atoms with Gasteiger partial charge in [-0.2, -0.15) is 0 Å². The van der Waals surface area contributed by atoms with E-state index in [-0.39, 0.29) is 11.9 Å². The Morgan fingerprint density at radius 1 is 0.806 bits per heavy atom. The first kappa shape index (κ1) is 23.0. The van der Waals surface area contributed by atoms with Gasteiger partial charge in [0, 0.05) is 24.0 Å². The van der Waals surface area contributed by atoms with Crippen molar-refractivity contribution < 1.29 is 14.3 Å². The summed E-state index contributed by atoms with van der Waals surface area (Å²) in [7, 11) is 1.55. The summed E-state index contributed by atoms with van der Waals surface area (Å²) in [4.78, 5) is 32.7. The maximum atomic E-state index is 12.4. The summed E-state index contributed by atoms with van der Waals surface area (Å²) in [5, 5.41) is 9.08. The normalized spacial score (nSPS) is 10.6. The van der Waals surface area contributed by atoms with Crippen molar-refractivity contribution >= 4 is 44.9 Å². The second kappa shape index (κ2) is 10.2. The van der Waals surface area contributed by atoms with Crippen molar-refractivity contribution in [2.75, 3.05) is 17.7 Å². The third kappa shape index (κ3) is 5.31. The number of para-hydroxylation sites is 1. The Balaban J connectivity index is 1.16. The molecule has 3 amide bonds. The summed E-state index contributed by atoms with van der Waals surface area (Å²) in [6.07, 6.45) is 1.48. The number of nitrogens with one attached hydrogen (secondary N) is 3. The topological polar surface area (TPSA) is 105 Å². The van der Waals surface area contributed by atoms with E-state index < -0.39 is 0 Å². The number of urea groups is 1. The standard InChI is InChI=1S/C27H21N5O3S/c1-28-25(33)23-15-14-21(16-29-23)35-20-12-10-19(11-13-20)31-27(34)30-18-8-6-17(7-9-18)26-32-22-4-2-3-5-24(22)36-26/h2-16H,1H3,(H,28,33)(H2,30,31,34). The van der Waals surface area contributed by atoms with Gasteiger partial charge in [-0.25, -0.2) is 14.8 Å².